The Bertz CT molecular complexity index is 990. The molecule has 26 heavy (non-hydrogen) atoms. The van der Waals surface area contributed by atoms with E-state index in [1.165, 1.54) is 5.56 Å². The van der Waals surface area contributed by atoms with Crippen LogP contribution in [0.5, 0.6) is 0 Å². The Labute approximate surface area is 152 Å². The molecular weight excluding hydrogens is 320 g/mol. The van der Waals surface area contributed by atoms with E-state index in [1.54, 1.807) is 0 Å². The summed E-state index contributed by atoms with van der Waals surface area (Å²) in [5.41, 5.74) is 4.90. The van der Waals surface area contributed by atoms with E-state index in [2.05, 4.69) is 39.6 Å². The van der Waals surface area contributed by atoms with Crippen molar-refractivity contribution in [3.8, 4) is 16.9 Å². The van der Waals surface area contributed by atoms with Gasteiger partial charge in [0.1, 0.15) is 11.4 Å². The Kier molecular flexibility index (Phi) is 4.65. The van der Waals surface area contributed by atoms with Gasteiger partial charge in [-0.25, -0.2) is 4.68 Å². The van der Waals surface area contributed by atoms with E-state index >= 15 is 0 Å². The number of benzene rings is 3. The minimum atomic E-state index is 0.618. The lowest BCUT2D eigenvalue weighted by Gasteiger charge is -2.07. The van der Waals surface area contributed by atoms with Gasteiger partial charge in [0, 0.05) is 5.56 Å². The van der Waals surface area contributed by atoms with Gasteiger partial charge < -0.3 is 0 Å². The molecule has 0 bridgehead atoms. The summed E-state index contributed by atoms with van der Waals surface area (Å²) in [6.45, 7) is 0.618. The molecule has 4 rings (SSSR count). The molecule has 0 aliphatic rings. The van der Waals surface area contributed by atoms with Crippen molar-refractivity contribution in [1.29, 1.82) is 0 Å². The molecule has 126 valence electrons. The van der Waals surface area contributed by atoms with Crippen LogP contribution in [0.2, 0.25) is 0 Å². The third-order valence-electron chi connectivity index (χ3n) is 4.07. The highest BCUT2D eigenvalue weighted by Gasteiger charge is 2.14. The van der Waals surface area contributed by atoms with Crippen molar-refractivity contribution >= 4 is 6.21 Å². The van der Waals surface area contributed by atoms with Gasteiger partial charge in [-0.15, -0.1) is 5.10 Å². The minimum absolute atomic E-state index is 0.618. The lowest BCUT2D eigenvalue weighted by atomic mass is 10.1. The second-order valence-electron chi connectivity index (χ2n) is 5.89. The van der Waals surface area contributed by atoms with E-state index in [0.29, 0.717) is 6.54 Å². The number of para-hydroxylation sites is 1. The van der Waals surface area contributed by atoms with Crippen LogP contribution in [0.3, 0.4) is 0 Å². The van der Waals surface area contributed by atoms with Gasteiger partial charge in [0.05, 0.1) is 18.4 Å². The fourth-order valence-corrected chi connectivity index (χ4v) is 2.82. The molecule has 0 aliphatic carbocycles. The van der Waals surface area contributed by atoms with Crippen molar-refractivity contribution in [3.63, 3.8) is 0 Å². The normalized spacial score (nSPS) is 11.1. The first kappa shape index (κ1) is 16.0. The van der Waals surface area contributed by atoms with E-state index in [9.17, 15) is 0 Å². The summed E-state index contributed by atoms with van der Waals surface area (Å²) in [5.74, 6) is 0. The van der Waals surface area contributed by atoms with E-state index in [0.717, 1.165) is 22.6 Å². The van der Waals surface area contributed by atoms with Crippen LogP contribution in [-0.4, -0.2) is 21.2 Å². The fourth-order valence-electron chi connectivity index (χ4n) is 2.82. The topological polar surface area (TPSA) is 43.1 Å². The lowest BCUT2D eigenvalue weighted by Crippen LogP contribution is -1.99. The third kappa shape index (κ3) is 3.44. The Morgan fingerprint density at radius 3 is 2.08 bits per heavy atom. The largest absolute Gasteiger partial charge is 0.286 e. The molecule has 1 aromatic heterocycles. The fraction of sp³-hybridized carbons (Fsp3) is 0.0455. The highest BCUT2D eigenvalue weighted by molar-refractivity contribution is 5.87. The van der Waals surface area contributed by atoms with Crippen molar-refractivity contribution in [2.45, 2.75) is 6.54 Å². The third-order valence-corrected chi connectivity index (χ3v) is 4.07. The summed E-state index contributed by atoms with van der Waals surface area (Å²) in [5, 5.41) is 8.73. The summed E-state index contributed by atoms with van der Waals surface area (Å²) in [7, 11) is 0. The maximum atomic E-state index is 4.56. The van der Waals surface area contributed by atoms with Crippen LogP contribution in [0.25, 0.3) is 16.9 Å². The monoisotopic (exact) mass is 338 g/mol. The maximum Gasteiger partial charge on any atom is 0.132 e. The van der Waals surface area contributed by atoms with Crippen LogP contribution < -0.4 is 0 Å². The number of hydrogen-bond donors (Lipinski definition) is 0. The quantitative estimate of drug-likeness (QED) is 0.501. The molecule has 0 amide bonds. The van der Waals surface area contributed by atoms with Gasteiger partial charge in [-0.3, -0.25) is 4.99 Å². The number of hydrogen-bond acceptors (Lipinski definition) is 3. The summed E-state index contributed by atoms with van der Waals surface area (Å²) >= 11 is 0. The second-order valence-corrected chi connectivity index (χ2v) is 5.89. The van der Waals surface area contributed by atoms with Crippen molar-refractivity contribution in [2.75, 3.05) is 0 Å². The predicted molar refractivity (Wildman–Crippen MR) is 105 cm³/mol. The Hall–Kier alpha value is -3.53. The zero-order valence-corrected chi connectivity index (χ0v) is 14.2. The highest BCUT2D eigenvalue weighted by Crippen LogP contribution is 2.24. The van der Waals surface area contributed by atoms with Crippen LogP contribution in [0.4, 0.5) is 0 Å². The molecule has 0 radical (unpaired) electrons. The molecule has 0 saturated heterocycles. The van der Waals surface area contributed by atoms with Gasteiger partial charge in [0.15, 0.2) is 0 Å². The van der Waals surface area contributed by atoms with Gasteiger partial charge in [0.2, 0.25) is 0 Å². The standard InChI is InChI=1S/C22H18N4/c1-4-10-18(11-5-1)16-23-17-21-22(19-12-6-2-7-13-19)26(25-24-21)20-14-8-3-9-15-20/h1-15,17H,16H2. The van der Waals surface area contributed by atoms with Crippen LogP contribution in [0.15, 0.2) is 96.0 Å². The van der Waals surface area contributed by atoms with Gasteiger partial charge in [-0.2, -0.15) is 0 Å². The van der Waals surface area contributed by atoms with Crippen LogP contribution in [-0.2, 0) is 6.54 Å². The maximum absolute atomic E-state index is 4.56. The molecule has 4 aromatic rings. The van der Waals surface area contributed by atoms with Crippen LogP contribution in [0, 0.1) is 0 Å². The van der Waals surface area contributed by atoms with Crippen molar-refractivity contribution in [1.82, 2.24) is 15.0 Å². The number of aliphatic imine (C=N–C) groups is 1. The lowest BCUT2D eigenvalue weighted by molar-refractivity contribution is 0.807. The zero-order valence-electron chi connectivity index (χ0n) is 14.2. The molecule has 4 heteroatoms. The first-order chi connectivity index (χ1) is 12.9. The molecule has 0 N–H and O–H groups in total. The number of rotatable bonds is 5. The van der Waals surface area contributed by atoms with Gasteiger partial charge >= 0.3 is 0 Å². The minimum Gasteiger partial charge on any atom is -0.286 e. The molecule has 3 aromatic carbocycles. The number of nitrogens with zero attached hydrogens (tertiary/aromatic N) is 4. The predicted octanol–water partition coefficient (Wildman–Crippen LogP) is 4.55. The van der Waals surface area contributed by atoms with Gasteiger partial charge in [0.25, 0.3) is 0 Å². The van der Waals surface area contributed by atoms with E-state index in [-0.39, 0.29) is 0 Å². The molecule has 0 atom stereocenters. The molecule has 4 nitrogen and oxygen atoms in total. The van der Waals surface area contributed by atoms with Crippen molar-refractivity contribution in [2.24, 2.45) is 4.99 Å². The highest BCUT2D eigenvalue weighted by atomic mass is 15.4. The Balaban J connectivity index is 1.72. The summed E-state index contributed by atoms with van der Waals surface area (Å²) in [6, 6.07) is 30.4. The smallest absolute Gasteiger partial charge is 0.132 e. The van der Waals surface area contributed by atoms with E-state index in [1.807, 2.05) is 77.6 Å². The van der Waals surface area contributed by atoms with Crippen molar-refractivity contribution in [3.05, 3.63) is 102 Å². The molecule has 0 unspecified atom stereocenters. The molecule has 0 aliphatic heterocycles. The first-order valence-corrected chi connectivity index (χ1v) is 8.52. The first-order valence-electron chi connectivity index (χ1n) is 8.52. The van der Waals surface area contributed by atoms with Crippen LogP contribution >= 0.6 is 0 Å². The Morgan fingerprint density at radius 2 is 1.38 bits per heavy atom. The summed E-state index contributed by atoms with van der Waals surface area (Å²) in [6.07, 6.45) is 1.81. The van der Waals surface area contributed by atoms with Crippen LogP contribution in [0.1, 0.15) is 11.3 Å². The van der Waals surface area contributed by atoms with Gasteiger partial charge in [-0.05, 0) is 17.7 Å². The van der Waals surface area contributed by atoms with E-state index < -0.39 is 0 Å². The molecule has 1 heterocycles. The number of aromatic nitrogens is 3. The molecular formula is C22H18N4. The molecule has 0 spiro atoms. The van der Waals surface area contributed by atoms with Gasteiger partial charge in [-0.1, -0.05) is 84.1 Å². The zero-order chi connectivity index (χ0) is 17.6. The van der Waals surface area contributed by atoms with Crippen molar-refractivity contribution < 1.29 is 0 Å². The average Bonchev–Trinajstić information content (AvgIpc) is 3.14. The Morgan fingerprint density at radius 1 is 0.769 bits per heavy atom. The SMILES string of the molecule is C(=NCc1ccccc1)c1nnn(-c2ccccc2)c1-c1ccccc1. The molecule has 0 saturated carbocycles. The van der Waals surface area contributed by atoms with E-state index in [4.69, 9.17) is 0 Å². The molecule has 0 fully saturated rings. The average molecular weight is 338 g/mol. The summed E-state index contributed by atoms with van der Waals surface area (Å²) in [4.78, 5) is 4.56. The summed E-state index contributed by atoms with van der Waals surface area (Å²) < 4.78 is 1.86. The second kappa shape index (κ2) is 7.57.